The van der Waals surface area contributed by atoms with Crippen LogP contribution in [-0.4, -0.2) is 87.2 Å². The van der Waals surface area contributed by atoms with Crippen molar-refractivity contribution in [3.8, 4) is 22.6 Å². The van der Waals surface area contributed by atoms with E-state index in [1.54, 1.807) is 37.1 Å². The van der Waals surface area contributed by atoms with Gasteiger partial charge in [0.15, 0.2) is 0 Å². The average Bonchev–Trinajstić information content (AvgIpc) is 3.95. The van der Waals surface area contributed by atoms with Gasteiger partial charge < -0.3 is 30.4 Å². The van der Waals surface area contributed by atoms with E-state index in [9.17, 15) is 14.4 Å². The summed E-state index contributed by atoms with van der Waals surface area (Å²) in [5, 5.41) is 16.7. The lowest BCUT2D eigenvalue weighted by Crippen LogP contribution is -2.49. The van der Waals surface area contributed by atoms with Crippen molar-refractivity contribution >= 4 is 45.9 Å². The van der Waals surface area contributed by atoms with E-state index in [2.05, 4.69) is 68.4 Å². The van der Waals surface area contributed by atoms with Gasteiger partial charge in [-0.15, -0.1) is 0 Å². The number of nitrogens with one attached hydrogen (secondary N) is 5. The number of piperidine rings is 1. The van der Waals surface area contributed by atoms with Gasteiger partial charge in [-0.05, 0) is 98.8 Å². The maximum absolute atomic E-state index is 16.1. The molecule has 62 heavy (non-hydrogen) atoms. The number of nitrogens with zero attached hydrogens (tertiary/aromatic N) is 7. The Hall–Kier alpha value is -6.75. The summed E-state index contributed by atoms with van der Waals surface area (Å²) >= 11 is 0. The van der Waals surface area contributed by atoms with Crippen LogP contribution < -0.4 is 31.1 Å². The van der Waals surface area contributed by atoms with E-state index < -0.39 is 23.2 Å². The fourth-order valence-electron chi connectivity index (χ4n) is 7.91. The highest BCUT2D eigenvalue weighted by Gasteiger charge is 2.27. The van der Waals surface area contributed by atoms with Crippen molar-refractivity contribution in [1.29, 1.82) is 0 Å². The van der Waals surface area contributed by atoms with Crippen LogP contribution in [0.15, 0.2) is 71.6 Å². The molecule has 16 nitrogen and oxygen atoms in total. The van der Waals surface area contributed by atoms with Gasteiger partial charge in [0.05, 0.1) is 35.0 Å². The molecule has 6 heterocycles. The van der Waals surface area contributed by atoms with Crippen LogP contribution in [0.1, 0.15) is 80.6 Å². The minimum Gasteiger partial charge on any atom is -0.383 e. The zero-order valence-corrected chi connectivity index (χ0v) is 35.5. The fourth-order valence-corrected chi connectivity index (χ4v) is 7.91. The molecular formula is C45H51FN12O4. The highest BCUT2D eigenvalue weighted by atomic mass is 19.1. The van der Waals surface area contributed by atoms with Gasteiger partial charge in [0.1, 0.15) is 17.8 Å². The van der Waals surface area contributed by atoms with Crippen molar-refractivity contribution in [2.24, 2.45) is 5.92 Å². The molecule has 5 N–H and O–H groups in total. The first-order valence-electron chi connectivity index (χ1n) is 21.0. The summed E-state index contributed by atoms with van der Waals surface area (Å²) in [7, 11) is 0. The number of rotatable bonds is 13. The third-order valence-electron chi connectivity index (χ3n) is 11.5. The van der Waals surface area contributed by atoms with Crippen molar-refractivity contribution in [1.82, 2.24) is 46.0 Å². The van der Waals surface area contributed by atoms with Gasteiger partial charge in [-0.1, -0.05) is 32.0 Å². The zero-order chi connectivity index (χ0) is 43.5. The fraction of sp³-hybridized carbons (Fsp3) is 0.378. The number of benzene rings is 2. The normalized spacial score (nSPS) is 15.5. The number of amides is 4. The third kappa shape index (κ3) is 9.12. The quantitative estimate of drug-likeness (QED) is 0.0776. The first kappa shape index (κ1) is 42.0. The molecule has 6 aromatic rings. The molecule has 0 radical (unpaired) electrons. The molecule has 322 valence electrons. The number of aromatic nitrogens is 6. The molecule has 2 aliphatic heterocycles. The van der Waals surface area contributed by atoms with Gasteiger partial charge in [0.2, 0.25) is 11.8 Å². The van der Waals surface area contributed by atoms with Crippen molar-refractivity contribution in [3.63, 3.8) is 0 Å². The van der Waals surface area contributed by atoms with Crippen LogP contribution in [0.5, 0.6) is 0 Å². The summed E-state index contributed by atoms with van der Waals surface area (Å²) in [6.45, 7) is 14.0. The van der Waals surface area contributed by atoms with E-state index in [1.807, 2.05) is 51.1 Å². The summed E-state index contributed by atoms with van der Waals surface area (Å²) in [4.78, 5) is 61.7. The van der Waals surface area contributed by atoms with E-state index in [0.29, 0.717) is 63.9 Å². The number of carbonyl (C=O) groups excluding carboxylic acids is 3. The molecule has 17 heteroatoms. The minimum absolute atomic E-state index is 0.0772. The Bertz CT molecular complexity index is 2580. The maximum atomic E-state index is 16.1. The van der Waals surface area contributed by atoms with E-state index in [-0.39, 0.29) is 17.8 Å². The first-order valence-corrected chi connectivity index (χ1v) is 21.0. The predicted octanol–water partition coefficient (Wildman–Crippen LogP) is 6.67. The Kier molecular flexibility index (Phi) is 12.0. The number of hydrogen-bond donors (Lipinski definition) is 5. The van der Waals surface area contributed by atoms with E-state index in [4.69, 9.17) is 4.52 Å². The number of anilines is 3. The second-order valence-electron chi connectivity index (χ2n) is 16.9. The molecule has 0 spiro atoms. The number of imide groups is 1. The van der Waals surface area contributed by atoms with Gasteiger partial charge in [0.25, 0.3) is 11.7 Å². The number of hydrogen-bond acceptors (Lipinski definition) is 12. The Balaban J connectivity index is 0.810. The lowest BCUT2D eigenvalue weighted by Gasteiger charge is -2.34. The minimum atomic E-state index is -0.534. The van der Waals surface area contributed by atoms with E-state index in [0.717, 1.165) is 68.3 Å². The molecule has 1 atom stereocenters. The van der Waals surface area contributed by atoms with Crippen molar-refractivity contribution in [2.45, 2.75) is 65.3 Å². The highest BCUT2D eigenvalue weighted by Crippen LogP contribution is 2.34. The number of aromatic amines is 1. The van der Waals surface area contributed by atoms with Gasteiger partial charge in [-0.3, -0.25) is 24.8 Å². The van der Waals surface area contributed by atoms with E-state index >= 15 is 4.39 Å². The molecule has 4 amide bonds. The van der Waals surface area contributed by atoms with Crippen molar-refractivity contribution in [2.75, 3.05) is 54.4 Å². The monoisotopic (exact) mass is 842 g/mol. The second-order valence-corrected chi connectivity index (χ2v) is 16.9. The topological polar surface area (TPSA) is 199 Å². The van der Waals surface area contributed by atoms with Crippen LogP contribution in [-0.2, 0) is 10.2 Å². The third-order valence-corrected chi connectivity index (χ3v) is 11.5. The Labute approximate surface area is 358 Å². The van der Waals surface area contributed by atoms with Crippen LogP contribution in [0.25, 0.3) is 33.7 Å². The molecule has 8 rings (SSSR count). The molecule has 2 aliphatic rings. The molecule has 4 aromatic heterocycles. The van der Waals surface area contributed by atoms with Gasteiger partial charge >= 0.3 is 6.03 Å². The summed E-state index contributed by atoms with van der Waals surface area (Å²) in [5.41, 5.74) is 6.17. The van der Waals surface area contributed by atoms with Crippen LogP contribution in [0.4, 0.5) is 26.2 Å². The molecule has 2 fully saturated rings. The molecular weight excluding hydrogens is 792 g/mol. The van der Waals surface area contributed by atoms with Crippen molar-refractivity contribution < 1.29 is 23.3 Å². The Morgan fingerprint density at radius 1 is 0.984 bits per heavy atom. The molecule has 0 saturated carbocycles. The van der Waals surface area contributed by atoms with Gasteiger partial charge in [0, 0.05) is 66.9 Å². The standard InChI is InChI=1S/C45H51FN12O4/c1-26-32(27(2)52-42(60)41-55-43(62-56-41)45(3,4)5)11-12-33(38(26)46)39-34-22-36(53-40(34)51-25-50-39)35-13-6-29(24-49-35)48-18-17-47-23-28-14-19-57(20-15-28)30-7-9-31(10-8-30)58-21-16-37(59)54-44(58)61/h6-13,22,24-25,27-28,47-48H,14-21,23H2,1-5H3,(H,52,60)(H,50,51,53)(H,54,59,61)/t27-/m1/s1. The van der Waals surface area contributed by atoms with E-state index in [1.165, 1.54) is 6.33 Å². The number of H-pyrrole nitrogens is 1. The lowest BCUT2D eigenvalue weighted by atomic mass is 9.96. The number of urea groups is 1. The number of carbonyl (C=O) groups is 3. The average molecular weight is 843 g/mol. The van der Waals surface area contributed by atoms with Crippen LogP contribution in [0.2, 0.25) is 0 Å². The number of fused-ring (bicyclic) bond motifs is 1. The molecule has 0 aliphatic carbocycles. The molecule has 0 unspecified atom stereocenters. The highest BCUT2D eigenvalue weighted by molar-refractivity contribution is 6.05. The lowest BCUT2D eigenvalue weighted by molar-refractivity contribution is -0.120. The summed E-state index contributed by atoms with van der Waals surface area (Å²) in [6.07, 6.45) is 5.69. The second kappa shape index (κ2) is 17.7. The number of halogens is 1. The number of pyridine rings is 1. The van der Waals surface area contributed by atoms with Crippen LogP contribution in [0, 0.1) is 18.7 Å². The zero-order valence-electron chi connectivity index (χ0n) is 35.5. The first-order chi connectivity index (χ1) is 29.8. The van der Waals surface area contributed by atoms with Gasteiger partial charge in [-0.2, -0.15) is 4.98 Å². The van der Waals surface area contributed by atoms with Crippen molar-refractivity contribution in [3.05, 3.63) is 95.8 Å². The Morgan fingerprint density at radius 3 is 2.47 bits per heavy atom. The maximum Gasteiger partial charge on any atom is 0.328 e. The smallest absolute Gasteiger partial charge is 0.328 e. The van der Waals surface area contributed by atoms with Gasteiger partial charge in [-0.25, -0.2) is 19.2 Å². The molecule has 2 saturated heterocycles. The van der Waals surface area contributed by atoms with Crippen LogP contribution >= 0.6 is 0 Å². The summed E-state index contributed by atoms with van der Waals surface area (Å²) in [5.74, 6) is -0.319. The SMILES string of the molecule is Cc1c([C@@H](C)NC(=O)c2noc(C(C)(C)C)n2)ccc(-c2ncnc3[nH]c(-c4ccc(NCCNCC5CCN(c6ccc(N7CCC(=O)NC7=O)cc6)CC5)cn4)cc23)c1F. The summed E-state index contributed by atoms with van der Waals surface area (Å²) in [6, 6.07) is 16.3. The molecule has 0 bridgehead atoms. The Morgan fingerprint density at radius 2 is 1.76 bits per heavy atom. The predicted molar refractivity (Wildman–Crippen MR) is 234 cm³/mol. The molecule has 2 aromatic carbocycles. The largest absolute Gasteiger partial charge is 0.383 e. The van der Waals surface area contributed by atoms with Crippen LogP contribution in [0.3, 0.4) is 0 Å². The summed E-state index contributed by atoms with van der Waals surface area (Å²) < 4.78 is 21.4.